The maximum atomic E-state index is 6.20. The van der Waals surface area contributed by atoms with E-state index >= 15 is 0 Å². The van der Waals surface area contributed by atoms with Gasteiger partial charge in [-0.15, -0.1) is 0 Å². The molecule has 1 nitrogen and oxygen atoms in total. The molecule has 0 bridgehead atoms. The summed E-state index contributed by atoms with van der Waals surface area (Å²) in [4.78, 5) is 0. The largest absolute Gasteiger partial charge is 0.237 e. The first kappa shape index (κ1) is 13.5. The van der Waals surface area contributed by atoms with Gasteiger partial charge in [0, 0.05) is 10.5 Å². The number of benzene rings is 1. The van der Waals surface area contributed by atoms with Gasteiger partial charge in [-0.3, -0.25) is 0 Å². The molecule has 16 heavy (non-hydrogen) atoms. The van der Waals surface area contributed by atoms with E-state index < -0.39 is 0 Å². The minimum absolute atomic E-state index is 0.763. The van der Waals surface area contributed by atoms with Crippen LogP contribution in [0.1, 0.15) is 19.4 Å². The van der Waals surface area contributed by atoms with Gasteiger partial charge < -0.3 is 0 Å². The zero-order valence-electron chi connectivity index (χ0n) is 9.58. The van der Waals surface area contributed by atoms with E-state index in [-0.39, 0.29) is 0 Å². The summed E-state index contributed by atoms with van der Waals surface area (Å²) < 4.78 is 3.26. The lowest BCUT2D eigenvalue weighted by Gasteiger charge is -1.98. The second-order valence-electron chi connectivity index (χ2n) is 3.39. The molecule has 0 atom stereocenters. The van der Waals surface area contributed by atoms with Gasteiger partial charge in [-0.25, -0.2) is 4.58 Å². The predicted molar refractivity (Wildman–Crippen MR) is 75.4 cm³/mol. The van der Waals surface area contributed by atoms with Gasteiger partial charge in [0.1, 0.15) is 13.1 Å². The number of halogens is 2. The van der Waals surface area contributed by atoms with Crippen molar-refractivity contribution in [2.45, 2.75) is 13.8 Å². The lowest BCUT2D eigenvalue weighted by atomic mass is 10.2. The predicted octanol–water partition coefficient (Wildman–Crippen LogP) is 4.15. The van der Waals surface area contributed by atoms with Gasteiger partial charge in [0.15, 0.2) is 6.21 Å². The molecule has 1 aromatic carbocycles. The van der Waals surface area contributed by atoms with Crippen molar-refractivity contribution >= 4 is 38.8 Å². The highest BCUT2D eigenvalue weighted by Crippen LogP contribution is 2.20. The van der Waals surface area contributed by atoms with Crippen molar-refractivity contribution in [3.63, 3.8) is 0 Å². The van der Waals surface area contributed by atoms with E-state index in [2.05, 4.69) is 34.4 Å². The number of rotatable bonds is 4. The summed E-state index contributed by atoms with van der Waals surface area (Å²) in [6.45, 7) is 6.25. The van der Waals surface area contributed by atoms with Gasteiger partial charge in [-0.2, -0.15) is 0 Å². The van der Waals surface area contributed by atoms with Crippen LogP contribution in [0.4, 0.5) is 0 Å². The van der Waals surface area contributed by atoms with E-state index in [0.29, 0.717) is 0 Å². The average Bonchev–Trinajstić information content (AvgIpc) is 2.31. The second kappa shape index (κ2) is 6.87. The highest BCUT2D eigenvalue weighted by Gasteiger charge is 1.98. The van der Waals surface area contributed by atoms with Gasteiger partial charge in [0.05, 0.1) is 5.03 Å². The van der Waals surface area contributed by atoms with Crippen LogP contribution in [0.25, 0.3) is 5.03 Å². The van der Waals surface area contributed by atoms with Crippen LogP contribution in [0.5, 0.6) is 0 Å². The summed E-state index contributed by atoms with van der Waals surface area (Å²) in [5, 5.41) is 0.763. The Hall–Kier alpha value is -0.600. The van der Waals surface area contributed by atoms with Gasteiger partial charge in [-0.05, 0) is 31.5 Å². The third-order valence-corrected chi connectivity index (χ3v) is 3.24. The van der Waals surface area contributed by atoms with Gasteiger partial charge in [-0.1, -0.05) is 39.7 Å². The minimum atomic E-state index is 0.763. The van der Waals surface area contributed by atoms with E-state index in [4.69, 9.17) is 11.6 Å². The maximum Gasteiger partial charge on any atom is 0.164 e. The van der Waals surface area contributed by atoms with Crippen LogP contribution in [0.3, 0.4) is 0 Å². The Kier molecular flexibility index (Phi) is 5.78. The van der Waals surface area contributed by atoms with E-state index in [9.17, 15) is 0 Å². The van der Waals surface area contributed by atoms with E-state index in [1.165, 1.54) is 0 Å². The van der Waals surface area contributed by atoms with Crippen molar-refractivity contribution < 1.29 is 4.58 Å². The molecular formula is C13H16BrClN+. The first-order valence-corrected chi connectivity index (χ1v) is 6.55. The van der Waals surface area contributed by atoms with Crippen LogP contribution in [-0.2, 0) is 0 Å². The Bertz CT molecular complexity index is 387. The highest BCUT2D eigenvalue weighted by molar-refractivity contribution is 9.10. The molecule has 0 aliphatic carbocycles. The Labute approximate surface area is 111 Å². The van der Waals surface area contributed by atoms with Gasteiger partial charge >= 0.3 is 0 Å². The molecule has 0 aliphatic rings. The summed E-state index contributed by atoms with van der Waals surface area (Å²) in [7, 11) is 0. The summed E-state index contributed by atoms with van der Waals surface area (Å²) >= 11 is 9.61. The molecule has 1 rings (SSSR count). The van der Waals surface area contributed by atoms with E-state index in [0.717, 1.165) is 28.2 Å². The zero-order valence-corrected chi connectivity index (χ0v) is 11.9. The zero-order chi connectivity index (χ0) is 12.0. The fraction of sp³-hybridized carbons (Fsp3) is 0.308. The molecule has 0 fully saturated rings. The molecule has 0 heterocycles. The smallest absolute Gasteiger partial charge is 0.164 e. The van der Waals surface area contributed by atoms with Crippen molar-refractivity contribution in [2.24, 2.45) is 0 Å². The SMILES string of the molecule is CC[N+](=C/C=C(/Cl)c1ccc(Br)cc1)CC. The molecule has 3 heteroatoms. The van der Waals surface area contributed by atoms with E-state index in [1.54, 1.807) is 0 Å². The van der Waals surface area contributed by atoms with Crippen molar-refractivity contribution in [1.29, 1.82) is 0 Å². The highest BCUT2D eigenvalue weighted by atomic mass is 79.9. The minimum Gasteiger partial charge on any atom is -0.237 e. The fourth-order valence-corrected chi connectivity index (χ4v) is 1.76. The van der Waals surface area contributed by atoms with Crippen LogP contribution in [0.2, 0.25) is 0 Å². The normalized spacial score (nSPS) is 11.4. The van der Waals surface area contributed by atoms with E-state index in [1.807, 2.05) is 36.6 Å². The van der Waals surface area contributed by atoms with Crippen molar-refractivity contribution in [1.82, 2.24) is 0 Å². The topological polar surface area (TPSA) is 3.01 Å². The first-order chi connectivity index (χ1) is 7.67. The lowest BCUT2D eigenvalue weighted by molar-refractivity contribution is -0.515. The van der Waals surface area contributed by atoms with Crippen LogP contribution in [0.15, 0.2) is 34.8 Å². The third kappa shape index (κ3) is 4.11. The molecule has 0 aliphatic heterocycles. The van der Waals surface area contributed by atoms with Crippen LogP contribution < -0.4 is 0 Å². The molecule has 0 N–H and O–H groups in total. The molecule has 0 amide bonds. The van der Waals surface area contributed by atoms with Crippen molar-refractivity contribution in [3.8, 4) is 0 Å². The maximum absolute atomic E-state index is 6.20. The Morgan fingerprint density at radius 3 is 2.31 bits per heavy atom. The first-order valence-electron chi connectivity index (χ1n) is 5.38. The lowest BCUT2D eigenvalue weighted by Crippen LogP contribution is -2.10. The average molecular weight is 302 g/mol. The quantitative estimate of drug-likeness (QED) is 0.580. The fourth-order valence-electron chi connectivity index (χ4n) is 1.31. The van der Waals surface area contributed by atoms with Crippen molar-refractivity contribution in [3.05, 3.63) is 40.4 Å². The molecule has 0 unspecified atom stereocenters. The molecule has 0 spiro atoms. The monoisotopic (exact) mass is 300 g/mol. The molecule has 0 saturated heterocycles. The Morgan fingerprint density at radius 2 is 1.81 bits per heavy atom. The van der Waals surface area contributed by atoms with Crippen LogP contribution in [-0.4, -0.2) is 23.9 Å². The molecular weight excluding hydrogens is 286 g/mol. The molecule has 0 saturated carbocycles. The number of hydrogen-bond donors (Lipinski definition) is 0. The van der Waals surface area contributed by atoms with Gasteiger partial charge in [0.2, 0.25) is 0 Å². The van der Waals surface area contributed by atoms with Gasteiger partial charge in [0.25, 0.3) is 0 Å². The standard InChI is InChI=1S/C13H16BrClN/c1-3-16(4-2)10-9-13(15)11-5-7-12(14)8-6-11/h5-10H,3-4H2,1-2H3/q+1/b13-9+. The van der Waals surface area contributed by atoms with Crippen LogP contribution in [0, 0.1) is 0 Å². The summed E-state index contributed by atoms with van der Waals surface area (Å²) in [6, 6.07) is 7.98. The number of hydrogen-bond acceptors (Lipinski definition) is 0. The molecule has 0 radical (unpaired) electrons. The molecule has 86 valence electrons. The summed E-state index contributed by atoms with van der Waals surface area (Å²) in [6.07, 6.45) is 3.97. The Balaban J connectivity index is 2.85. The molecule has 1 aromatic rings. The second-order valence-corrected chi connectivity index (χ2v) is 4.71. The summed E-state index contributed by atoms with van der Waals surface area (Å²) in [5.41, 5.74) is 1.04. The third-order valence-electron chi connectivity index (χ3n) is 2.36. The molecule has 0 aromatic heterocycles. The van der Waals surface area contributed by atoms with Crippen molar-refractivity contribution in [2.75, 3.05) is 13.1 Å². The number of allylic oxidation sites excluding steroid dienone is 1. The Morgan fingerprint density at radius 1 is 1.25 bits per heavy atom. The summed E-state index contributed by atoms with van der Waals surface area (Å²) in [5.74, 6) is 0. The number of nitrogens with zero attached hydrogens (tertiary/aromatic N) is 1. The van der Waals surface area contributed by atoms with Crippen LogP contribution >= 0.6 is 27.5 Å².